The van der Waals surface area contributed by atoms with Crippen molar-refractivity contribution in [2.45, 2.75) is 18.6 Å². The number of nitrogens with zero attached hydrogens (tertiary/aromatic N) is 1. The van der Waals surface area contributed by atoms with E-state index in [1.165, 1.54) is 17.1 Å². The highest BCUT2D eigenvalue weighted by Crippen LogP contribution is 2.16. The second-order valence-electron chi connectivity index (χ2n) is 2.43. The molecule has 0 N–H and O–H groups in total. The predicted molar refractivity (Wildman–Crippen MR) is 58.2 cm³/mol. The largest absolute Gasteiger partial charge is 0.201 e. The number of thioether (sulfide) groups is 1. The topological polar surface area (TPSA) is 12.9 Å². The molecule has 1 rings (SSSR count). The summed E-state index contributed by atoms with van der Waals surface area (Å²) in [6, 6.07) is 2.08. The fraction of sp³-hybridized carbons (Fsp3) is 0.625. The Morgan fingerprint density at radius 2 is 2.42 bits per heavy atom. The number of aromatic nitrogens is 1. The van der Waals surface area contributed by atoms with Crippen LogP contribution in [0.2, 0.25) is 0 Å². The normalized spacial score (nSPS) is 10.4. The number of hydrogen-bond donors (Lipinski definition) is 0. The molecule has 1 aromatic rings. The van der Waals surface area contributed by atoms with Crippen molar-refractivity contribution in [3.05, 3.63) is 17.1 Å². The van der Waals surface area contributed by atoms with Gasteiger partial charge < -0.3 is 0 Å². The molecular formula is C8H12ClNS2. The Labute approximate surface area is 86.7 Å². The molecule has 0 radical (unpaired) electrons. The number of alkyl halides is 1. The van der Waals surface area contributed by atoms with E-state index in [0.29, 0.717) is 0 Å². The van der Waals surface area contributed by atoms with E-state index in [9.17, 15) is 0 Å². The molecule has 0 fully saturated rings. The van der Waals surface area contributed by atoms with Gasteiger partial charge in [-0.3, -0.25) is 0 Å². The van der Waals surface area contributed by atoms with Gasteiger partial charge in [0.15, 0.2) is 0 Å². The molecule has 1 nitrogen and oxygen atoms in total. The first kappa shape index (κ1) is 10.4. The minimum absolute atomic E-state index is 0.793. The number of halogens is 1. The molecule has 0 spiro atoms. The quantitative estimate of drug-likeness (QED) is 0.540. The van der Waals surface area contributed by atoms with Crippen molar-refractivity contribution in [3.8, 4) is 0 Å². The molecule has 68 valence electrons. The van der Waals surface area contributed by atoms with Crippen molar-refractivity contribution < 1.29 is 0 Å². The van der Waals surface area contributed by atoms with Crippen LogP contribution in [-0.2, 0) is 5.75 Å². The summed E-state index contributed by atoms with van der Waals surface area (Å²) in [6.07, 6.45) is 4.23. The van der Waals surface area contributed by atoms with Gasteiger partial charge in [-0.1, -0.05) is 0 Å². The third-order valence-corrected chi connectivity index (χ3v) is 3.69. The van der Waals surface area contributed by atoms with Gasteiger partial charge in [0.25, 0.3) is 0 Å². The molecule has 0 bridgehead atoms. The molecule has 1 heterocycles. The van der Waals surface area contributed by atoms with Gasteiger partial charge in [-0.05, 0) is 36.2 Å². The van der Waals surface area contributed by atoms with Gasteiger partial charge in [0, 0.05) is 22.7 Å². The maximum atomic E-state index is 5.56. The molecule has 4 heteroatoms. The average Bonchev–Trinajstić information content (AvgIpc) is 2.57. The van der Waals surface area contributed by atoms with Crippen LogP contribution in [0.3, 0.4) is 0 Å². The predicted octanol–water partition coefficient (Wildman–Crippen LogP) is 3.40. The van der Waals surface area contributed by atoms with Crippen molar-refractivity contribution in [1.82, 2.24) is 4.37 Å². The van der Waals surface area contributed by atoms with E-state index in [4.69, 9.17) is 11.6 Å². The zero-order valence-electron chi connectivity index (χ0n) is 6.83. The lowest BCUT2D eigenvalue weighted by Gasteiger charge is -1.96. The molecule has 0 amide bonds. The molecule has 0 saturated heterocycles. The first-order chi connectivity index (χ1) is 5.93. The maximum Gasteiger partial charge on any atom is 0.0410 e. The second-order valence-corrected chi connectivity index (χ2v) is 4.83. The summed E-state index contributed by atoms with van der Waals surface area (Å²) in [5.74, 6) is 3.11. The van der Waals surface area contributed by atoms with E-state index >= 15 is 0 Å². The van der Waals surface area contributed by atoms with Crippen LogP contribution < -0.4 is 0 Å². The minimum atomic E-state index is 0.793. The summed E-state index contributed by atoms with van der Waals surface area (Å²) in [6.45, 7) is 0. The zero-order valence-corrected chi connectivity index (χ0v) is 9.22. The molecule has 0 aliphatic carbocycles. The van der Waals surface area contributed by atoms with Gasteiger partial charge in [0.05, 0.1) is 0 Å². The van der Waals surface area contributed by atoms with E-state index in [1.807, 2.05) is 18.0 Å². The van der Waals surface area contributed by atoms with Gasteiger partial charge in [0.1, 0.15) is 0 Å². The third-order valence-electron chi connectivity index (χ3n) is 1.41. The van der Waals surface area contributed by atoms with E-state index < -0.39 is 0 Å². The zero-order chi connectivity index (χ0) is 8.65. The van der Waals surface area contributed by atoms with Gasteiger partial charge in [-0.15, -0.1) is 11.6 Å². The van der Waals surface area contributed by atoms with Gasteiger partial charge >= 0.3 is 0 Å². The standard InChI is InChI=1S/C8H12ClNS2/c9-4-1-2-6-11-7-8-3-5-10-12-8/h3,5H,1-2,4,6-7H2. The molecule has 0 unspecified atom stereocenters. The minimum Gasteiger partial charge on any atom is -0.201 e. The van der Waals surface area contributed by atoms with Crippen LogP contribution in [-0.4, -0.2) is 16.0 Å². The maximum absolute atomic E-state index is 5.56. The van der Waals surface area contributed by atoms with Crippen molar-refractivity contribution in [2.75, 3.05) is 11.6 Å². The van der Waals surface area contributed by atoms with Gasteiger partial charge in [-0.25, -0.2) is 4.37 Å². The highest BCUT2D eigenvalue weighted by atomic mass is 35.5. The Morgan fingerprint density at radius 1 is 1.50 bits per heavy atom. The molecule has 0 atom stereocenters. The first-order valence-corrected chi connectivity index (χ1v) is 6.43. The van der Waals surface area contributed by atoms with E-state index in [2.05, 4.69) is 10.4 Å². The smallest absolute Gasteiger partial charge is 0.0410 e. The van der Waals surface area contributed by atoms with Crippen LogP contribution in [0.5, 0.6) is 0 Å². The summed E-state index contributed by atoms with van der Waals surface area (Å²) in [7, 11) is 0. The van der Waals surface area contributed by atoms with Gasteiger partial charge in [-0.2, -0.15) is 11.8 Å². The van der Waals surface area contributed by atoms with Crippen LogP contribution in [0.1, 0.15) is 17.7 Å². The molecule has 1 aromatic heterocycles. The summed E-state index contributed by atoms with van der Waals surface area (Å²) in [5, 5.41) is 0. The molecular weight excluding hydrogens is 210 g/mol. The lowest BCUT2D eigenvalue weighted by Crippen LogP contribution is -1.82. The summed E-state index contributed by atoms with van der Waals surface area (Å²) in [4.78, 5) is 1.37. The van der Waals surface area contributed by atoms with Crippen molar-refractivity contribution >= 4 is 34.9 Å². The molecule has 0 aliphatic heterocycles. The SMILES string of the molecule is ClCCCCSCc1ccns1. The van der Waals surface area contributed by atoms with Crippen molar-refractivity contribution in [2.24, 2.45) is 0 Å². The lowest BCUT2D eigenvalue weighted by atomic mass is 10.4. The number of unbranched alkanes of at least 4 members (excludes halogenated alkanes) is 1. The Morgan fingerprint density at radius 3 is 3.08 bits per heavy atom. The Balaban J connectivity index is 1.96. The van der Waals surface area contributed by atoms with Crippen molar-refractivity contribution in [3.63, 3.8) is 0 Å². The summed E-state index contributed by atoms with van der Waals surface area (Å²) in [5.41, 5.74) is 0. The summed E-state index contributed by atoms with van der Waals surface area (Å²) >= 11 is 9.12. The van der Waals surface area contributed by atoms with E-state index in [-0.39, 0.29) is 0 Å². The fourth-order valence-electron chi connectivity index (χ4n) is 0.788. The van der Waals surface area contributed by atoms with Gasteiger partial charge in [0.2, 0.25) is 0 Å². The molecule has 0 aliphatic rings. The van der Waals surface area contributed by atoms with Crippen molar-refractivity contribution in [1.29, 1.82) is 0 Å². The molecule has 12 heavy (non-hydrogen) atoms. The second kappa shape index (κ2) is 6.75. The molecule has 0 aromatic carbocycles. The van der Waals surface area contributed by atoms with Crippen LogP contribution in [0, 0.1) is 0 Å². The van der Waals surface area contributed by atoms with Crippen LogP contribution >= 0.6 is 34.9 Å². The molecule has 0 saturated carbocycles. The highest BCUT2D eigenvalue weighted by Gasteiger charge is 1.94. The van der Waals surface area contributed by atoms with Crippen LogP contribution in [0.25, 0.3) is 0 Å². The van der Waals surface area contributed by atoms with E-state index in [0.717, 1.165) is 18.1 Å². The van der Waals surface area contributed by atoms with E-state index in [1.54, 1.807) is 11.5 Å². The first-order valence-electron chi connectivity index (χ1n) is 3.97. The lowest BCUT2D eigenvalue weighted by molar-refractivity contribution is 0.903. The Kier molecular flexibility index (Phi) is 5.82. The highest BCUT2D eigenvalue weighted by molar-refractivity contribution is 7.98. The fourth-order valence-corrected chi connectivity index (χ4v) is 2.67. The monoisotopic (exact) mass is 221 g/mol. The van der Waals surface area contributed by atoms with Crippen LogP contribution in [0.15, 0.2) is 12.3 Å². The number of hydrogen-bond acceptors (Lipinski definition) is 3. The Hall–Kier alpha value is 0.270. The van der Waals surface area contributed by atoms with Crippen LogP contribution in [0.4, 0.5) is 0 Å². The third kappa shape index (κ3) is 4.33. The number of rotatable bonds is 6. The summed E-state index contributed by atoms with van der Waals surface area (Å²) < 4.78 is 4.04. The average molecular weight is 222 g/mol. The Bertz CT molecular complexity index is 189.